The summed E-state index contributed by atoms with van der Waals surface area (Å²) in [6.07, 6.45) is 0. The standard InChI is InChI=1S/C52H34N4/c1-4-16-35(17-5-1)38-28-29-51-45(32-38)44-24-12-15-27-50(44)56(51)41-31-39(30-40(33-41)55-48-25-13-10-22-42(48)43-23-11-14-26-49(43)55)47-34-46(36-18-6-2-7-19-36)53-52(54-47)37-20-8-3-9-21-37/h1-34H. The largest absolute Gasteiger partial charge is 0.309 e. The molecule has 0 aliphatic carbocycles. The van der Waals surface area contributed by atoms with E-state index in [-0.39, 0.29) is 0 Å². The van der Waals surface area contributed by atoms with Crippen LogP contribution in [0.15, 0.2) is 206 Å². The SMILES string of the molecule is c1ccc(-c2ccc3c(c2)c2ccccc2n3-c2cc(-c3cc(-c4ccccc4)nc(-c4ccccc4)n3)cc(-n3c4ccccc4c4ccccc43)c2)cc1. The van der Waals surface area contributed by atoms with Crippen LogP contribution < -0.4 is 0 Å². The summed E-state index contributed by atoms with van der Waals surface area (Å²) in [5.74, 6) is 0.691. The van der Waals surface area contributed by atoms with Crippen LogP contribution >= 0.6 is 0 Å². The van der Waals surface area contributed by atoms with Gasteiger partial charge in [-0.05, 0) is 65.7 Å². The molecule has 0 N–H and O–H groups in total. The maximum atomic E-state index is 5.31. The Kier molecular flexibility index (Phi) is 7.46. The number of rotatable bonds is 6. The summed E-state index contributed by atoms with van der Waals surface area (Å²) in [5, 5.41) is 4.87. The van der Waals surface area contributed by atoms with Gasteiger partial charge < -0.3 is 9.13 Å². The van der Waals surface area contributed by atoms with Gasteiger partial charge in [-0.1, -0.05) is 152 Å². The van der Waals surface area contributed by atoms with Crippen molar-refractivity contribution in [2.24, 2.45) is 0 Å². The number of benzene rings is 8. The molecule has 4 heteroatoms. The van der Waals surface area contributed by atoms with Gasteiger partial charge in [-0.2, -0.15) is 0 Å². The van der Waals surface area contributed by atoms with Crippen LogP contribution in [0, 0.1) is 0 Å². The van der Waals surface area contributed by atoms with Crippen LogP contribution in [-0.4, -0.2) is 19.1 Å². The molecule has 0 saturated heterocycles. The average Bonchev–Trinajstić information content (AvgIpc) is 3.80. The number of para-hydroxylation sites is 3. The molecule has 0 amide bonds. The summed E-state index contributed by atoms with van der Waals surface area (Å²) < 4.78 is 4.81. The normalized spacial score (nSPS) is 11.6. The molecular weight excluding hydrogens is 681 g/mol. The van der Waals surface area contributed by atoms with Crippen molar-refractivity contribution in [1.82, 2.24) is 19.1 Å². The zero-order chi connectivity index (χ0) is 37.0. The highest BCUT2D eigenvalue weighted by Gasteiger charge is 2.19. The van der Waals surface area contributed by atoms with Crippen LogP contribution in [0.5, 0.6) is 0 Å². The molecule has 11 aromatic rings. The molecule has 0 bridgehead atoms. The van der Waals surface area contributed by atoms with Gasteiger partial charge in [0.1, 0.15) is 0 Å². The minimum absolute atomic E-state index is 0.691. The molecule has 11 rings (SSSR count). The zero-order valence-electron chi connectivity index (χ0n) is 30.4. The maximum Gasteiger partial charge on any atom is 0.160 e. The molecule has 0 saturated carbocycles. The van der Waals surface area contributed by atoms with E-state index in [1.165, 1.54) is 32.7 Å². The summed E-state index contributed by atoms with van der Waals surface area (Å²) in [5.41, 5.74) is 13.9. The summed E-state index contributed by atoms with van der Waals surface area (Å²) in [6.45, 7) is 0. The van der Waals surface area contributed by atoms with Gasteiger partial charge in [0.15, 0.2) is 5.82 Å². The minimum Gasteiger partial charge on any atom is -0.309 e. The Balaban J connectivity index is 1.22. The van der Waals surface area contributed by atoms with E-state index < -0.39 is 0 Å². The molecule has 0 spiro atoms. The van der Waals surface area contributed by atoms with Crippen molar-refractivity contribution in [2.75, 3.05) is 0 Å². The van der Waals surface area contributed by atoms with E-state index in [9.17, 15) is 0 Å². The van der Waals surface area contributed by atoms with Gasteiger partial charge in [0.05, 0.1) is 33.5 Å². The first-order valence-electron chi connectivity index (χ1n) is 19.0. The maximum absolute atomic E-state index is 5.31. The highest BCUT2D eigenvalue weighted by Crippen LogP contribution is 2.39. The van der Waals surface area contributed by atoms with Gasteiger partial charge >= 0.3 is 0 Å². The quantitative estimate of drug-likeness (QED) is 0.172. The first-order chi connectivity index (χ1) is 27.8. The zero-order valence-corrected chi connectivity index (χ0v) is 30.4. The fraction of sp³-hybridized carbons (Fsp3) is 0. The van der Waals surface area contributed by atoms with Crippen molar-refractivity contribution < 1.29 is 0 Å². The van der Waals surface area contributed by atoms with Crippen LogP contribution in [0.1, 0.15) is 0 Å². The number of aromatic nitrogens is 4. The Hall–Kier alpha value is -7.56. The molecule has 0 radical (unpaired) electrons. The van der Waals surface area contributed by atoms with E-state index in [2.05, 4.69) is 191 Å². The first kappa shape index (κ1) is 31.9. The average molecular weight is 715 g/mol. The van der Waals surface area contributed by atoms with Crippen LogP contribution in [0.4, 0.5) is 0 Å². The summed E-state index contributed by atoms with van der Waals surface area (Å²) in [4.78, 5) is 10.4. The van der Waals surface area contributed by atoms with E-state index in [1.807, 2.05) is 24.3 Å². The number of hydrogen-bond donors (Lipinski definition) is 0. The molecule has 0 fully saturated rings. The lowest BCUT2D eigenvalue weighted by Crippen LogP contribution is -2.01. The lowest BCUT2D eigenvalue weighted by molar-refractivity contribution is 1.13. The number of nitrogens with zero attached hydrogens (tertiary/aromatic N) is 4. The van der Waals surface area contributed by atoms with Gasteiger partial charge in [-0.3, -0.25) is 0 Å². The highest BCUT2D eigenvalue weighted by atomic mass is 15.0. The molecular formula is C52H34N4. The molecule has 56 heavy (non-hydrogen) atoms. The second-order valence-corrected chi connectivity index (χ2v) is 14.3. The molecule has 4 nitrogen and oxygen atoms in total. The van der Waals surface area contributed by atoms with Gasteiger partial charge in [0.2, 0.25) is 0 Å². The second kappa shape index (κ2) is 13.1. The van der Waals surface area contributed by atoms with Crippen molar-refractivity contribution in [3.8, 4) is 56.4 Å². The lowest BCUT2D eigenvalue weighted by atomic mass is 10.0. The molecule has 0 unspecified atom stereocenters. The number of hydrogen-bond acceptors (Lipinski definition) is 2. The van der Waals surface area contributed by atoms with Crippen LogP contribution in [-0.2, 0) is 0 Å². The predicted octanol–water partition coefficient (Wildman–Crippen LogP) is 13.3. The van der Waals surface area contributed by atoms with Crippen molar-refractivity contribution in [2.45, 2.75) is 0 Å². The Morgan fingerprint density at radius 2 is 0.696 bits per heavy atom. The van der Waals surface area contributed by atoms with Crippen LogP contribution in [0.25, 0.3) is 100 Å². The molecule has 3 aromatic heterocycles. The molecule has 0 aliphatic rings. The molecule has 0 atom stereocenters. The third kappa shape index (κ3) is 5.31. The smallest absolute Gasteiger partial charge is 0.160 e. The van der Waals surface area contributed by atoms with Crippen molar-refractivity contribution in [3.63, 3.8) is 0 Å². The van der Waals surface area contributed by atoms with E-state index in [0.29, 0.717) is 5.82 Å². The molecule has 0 aliphatic heterocycles. The molecule has 262 valence electrons. The highest BCUT2D eigenvalue weighted by molar-refractivity contribution is 6.11. The summed E-state index contributed by atoms with van der Waals surface area (Å²) >= 11 is 0. The lowest BCUT2D eigenvalue weighted by Gasteiger charge is -2.16. The molecule has 3 heterocycles. The third-order valence-corrected chi connectivity index (χ3v) is 10.9. The Bertz CT molecular complexity index is 3120. The summed E-state index contributed by atoms with van der Waals surface area (Å²) in [7, 11) is 0. The Morgan fingerprint density at radius 3 is 1.25 bits per heavy atom. The fourth-order valence-electron chi connectivity index (χ4n) is 8.33. The van der Waals surface area contributed by atoms with Gasteiger partial charge in [-0.25, -0.2) is 9.97 Å². The van der Waals surface area contributed by atoms with Crippen molar-refractivity contribution >= 4 is 43.6 Å². The summed E-state index contributed by atoms with van der Waals surface area (Å²) in [6, 6.07) is 73.3. The third-order valence-electron chi connectivity index (χ3n) is 10.9. The van der Waals surface area contributed by atoms with Crippen molar-refractivity contribution in [3.05, 3.63) is 206 Å². The first-order valence-corrected chi connectivity index (χ1v) is 19.0. The minimum atomic E-state index is 0.691. The monoisotopic (exact) mass is 714 g/mol. The topological polar surface area (TPSA) is 35.6 Å². The fourth-order valence-corrected chi connectivity index (χ4v) is 8.33. The van der Waals surface area contributed by atoms with E-state index >= 15 is 0 Å². The number of fused-ring (bicyclic) bond motifs is 6. The van der Waals surface area contributed by atoms with Crippen molar-refractivity contribution in [1.29, 1.82) is 0 Å². The molecule has 8 aromatic carbocycles. The Morgan fingerprint density at radius 1 is 0.268 bits per heavy atom. The van der Waals surface area contributed by atoms with Gasteiger partial charge in [0, 0.05) is 49.6 Å². The second-order valence-electron chi connectivity index (χ2n) is 14.3. The van der Waals surface area contributed by atoms with Gasteiger partial charge in [0.25, 0.3) is 0 Å². The van der Waals surface area contributed by atoms with E-state index in [1.54, 1.807) is 0 Å². The van der Waals surface area contributed by atoms with Gasteiger partial charge in [-0.15, -0.1) is 0 Å². The van der Waals surface area contributed by atoms with Crippen LogP contribution in [0.3, 0.4) is 0 Å². The van der Waals surface area contributed by atoms with E-state index in [4.69, 9.17) is 9.97 Å². The predicted molar refractivity (Wildman–Crippen MR) is 232 cm³/mol. The Labute approximate surface area is 324 Å². The van der Waals surface area contributed by atoms with E-state index in [0.717, 1.165) is 61.5 Å². The van der Waals surface area contributed by atoms with Crippen LogP contribution in [0.2, 0.25) is 0 Å².